The van der Waals surface area contributed by atoms with E-state index >= 15 is 0 Å². The smallest absolute Gasteiger partial charge is 0.417 e. The number of amides is 1. The van der Waals surface area contributed by atoms with Gasteiger partial charge in [-0.05, 0) is 18.2 Å². The van der Waals surface area contributed by atoms with Gasteiger partial charge >= 0.3 is 6.09 Å². The van der Waals surface area contributed by atoms with Crippen LogP contribution in [-0.2, 0) is 0 Å². The predicted octanol–water partition coefficient (Wildman–Crippen LogP) is 4.53. The molecule has 0 aliphatic carbocycles. The number of anilines is 1. The van der Waals surface area contributed by atoms with Crippen molar-refractivity contribution in [1.29, 1.82) is 0 Å². The molecule has 3 rings (SSSR count). The molecule has 1 aromatic carbocycles. The minimum absolute atomic E-state index is 0.348. The molecule has 1 N–H and O–H groups in total. The maximum atomic E-state index is 11.8. The summed E-state index contributed by atoms with van der Waals surface area (Å²) in [6.45, 7) is 0. The van der Waals surface area contributed by atoms with E-state index in [-0.39, 0.29) is 0 Å². The van der Waals surface area contributed by atoms with E-state index in [1.54, 1.807) is 42.5 Å². The summed E-state index contributed by atoms with van der Waals surface area (Å²) in [5, 5.41) is 3.05. The molecular formula is C17H12ClN3O3. The number of halogens is 1. The summed E-state index contributed by atoms with van der Waals surface area (Å²) in [4.78, 5) is 19.8. The monoisotopic (exact) mass is 341 g/mol. The first-order valence-corrected chi connectivity index (χ1v) is 7.35. The van der Waals surface area contributed by atoms with E-state index in [1.165, 1.54) is 18.6 Å². The second kappa shape index (κ2) is 7.43. The van der Waals surface area contributed by atoms with E-state index < -0.39 is 6.09 Å². The molecule has 0 saturated carbocycles. The average molecular weight is 342 g/mol. The lowest BCUT2D eigenvalue weighted by atomic mass is 10.3. The Morgan fingerprint density at radius 1 is 1.00 bits per heavy atom. The number of nitrogens with one attached hydrogen (secondary N) is 1. The van der Waals surface area contributed by atoms with Crippen molar-refractivity contribution in [3.63, 3.8) is 0 Å². The third kappa shape index (κ3) is 4.44. The fraction of sp³-hybridized carbons (Fsp3) is 0. The lowest BCUT2D eigenvalue weighted by Gasteiger charge is -2.07. The Kier molecular flexibility index (Phi) is 4.88. The van der Waals surface area contributed by atoms with Gasteiger partial charge in [0.15, 0.2) is 0 Å². The Bertz CT molecular complexity index is 826. The first-order valence-electron chi connectivity index (χ1n) is 6.97. The molecular weight excluding hydrogens is 330 g/mol. The molecule has 0 unspecified atom stereocenters. The first kappa shape index (κ1) is 15.8. The van der Waals surface area contributed by atoms with Gasteiger partial charge in [-0.25, -0.2) is 9.78 Å². The van der Waals surface area contributed by atoms with E-state index in [2.05, 4.69) is 15.3 Å². The van der Waals surface area contributed by atoms with Crippen molar-refractivity contribution in [2.24, 2.45) is 0 Å². The summed E-state index contributed by atoms with van der Waals surface area (Å²) in [5.74, 6) is 1.27. The molecule has 3 aromatic rings. The highest BCUT2D eigenvalue weighted by atomic mass is 35.5. The predicted molar refractivity (Wildman–Crippen MR) is 89.6 cm³/mol. The summed E-state index contributed by atoms with van der Waals surface area (Å²) in [7, 11) is 0. The van der Waals surface area contributed by atoms with Crippen LogP contribution in [0, 0.1) is 0 Å². The van der Waals surface area contributed by atoms with Crippen molar-refractivity contribution in [1.82, 2.24) is 9.97 Å². The summed E-state index contributed by atoms with van der Waals surface area (Å²) < 4.78 is 10.6. The fourth-order valence-corrected chi connectivity index (χ4v) is 1.99. The zero-order chi connectivity index (χ0) is 16.8. The van der Waals surface area contributed by atoms with E-state index in [0.29, 0.717) is 28.1 Å². The summed E-state index contributed by atoms with van der Waals surface area (Å²) in [6.07, 6.45) is 3.89. The van der Waals surface area contributed by atoms with Crippen molar-refractivity contribution in [3.05, 3.63) is 72.1 Å². The molecule has 2 heterocycles. The molecule has 0 aliphatic heterocycles. The number of benzene rings is 1. The van der Waals surface area contributed by atoms with Crippen LogP contribution >= 0.6 is 11.6 Å². The lowest BCUT2D eigenvalue weighted by Crippen LogP contribution is -2.16. The van der Waals surface area contributed by atoms with Crippen LogP contribution in [0.1, 0.15) is 0 Å². The molecule has 6 nitrogen and oxygen atoms in total. The van der Waals surface area contributed by atoms with Gasteiger partial charge in [0.05, 0.1) is 23.1 Å². The molecule has 120 valence electrons. The number of hydrogen-bond acceptors (Lipinski definition) is 5. The summed E-state index contributed by atoms with van der Waals surface area (Å²) >= 11 is 5.84. The zero-order valence-electron chi connectivity index (χ0n) is 12.3. The van der Waals surface area contributed by atoms with Gasteiger partial charge in [0, 0.05) is 18.3 Å². The normalized spacial score (nSPS) is 10.0. The van der Waals surface area contributed by atoms with Gasteiger partial charge in [0.2, 0.25) is 5.88 Å². The number of rotatable bonds is 4. The number of ether oxygens (including phenoxy) is 2. The Balaban J connectivity index is 1.59. The molecule has 0 bridgehead atoms. The Morgan fingerprint density at radius 2 is 1.83 bits per heavy atom. The lowest BCUT2D eigenvalue weighted by molar-refractivity contribution is 0.215. The molecule has 0 fully saturated rings. The maximum absolute atomic E-state index is 11.8. The molecule has 0 atom stereocenters. The van der Waals surface area contributed by atoms with Crippen LogP contribution in [0.25, 0.3) is 0 Å². The first-order chi connectivity index (χ1) is 11.7. The topological polar surface area (TPSA) is 73.3 Å². The van der Waals surface area contributed by atoms with Crippen molar-refractivity contribution in [2.45, 2.75) is 0 Å². The SMILES string of the molecule is O=C(Nc1ccc(Oc2cncc(Cl)c2)nc1)Oc1ccccc1. The number of carbonyl (C=O) groups excluding carboxylic acids is 1. The van der Waals surface area contributed by atoms with Crippen LogP contribution in [0.4, 0.5) is 10.5 Å². The van der Waals surface area contributed by atoms with E-state index in [0.717, 1.165) is 0 Å². The molecule has 1 amide bonds. The average Bonchev–Trinajstić information content (AvgIpc) is 2.57. The number of nitrogens with zero attached hydrogens (tertiary/aromatic N) is 2. The molecule has 24 heavy (non-hydrogen) atoms. The van der Waals surface area contributed by atoms with Crippen LogP contribution in [0.15, 0.2) is 67.1 Å². The highest BCUT2D eigenvalue weighted by Gasteiger charge is 2.06. The van der Waals surface area contributed by atoms with Gasteiger partial charge in [-0.15, -0.1) is 0 Å². The minimum atomic E-state index is -0.601. The Labute approximate surface area is 143 Å². The number of carbonyl (C=O) groups is 1. The van der Waals surface area contributed by atoms with E-state index in [4.69, 9.17) is 21.1 Å². The molecule has 0 radical (unpaired) electrons. The standard InChI is InChI=1S/C17H12ClN3O3/c18-12-8-15(11-19-9-12)23-16-7-6-13(10-20-16)21-17(22)24-14-4-2-1-3-5-14/h1-11H,(H,21,22). The summed E-state index contributed by atoms with van der Waals surface area (Å²) in [6, 6.07) is 13.7. The fourth-order valence-electron chi connectivity index (χ4n) is 1.82. The third-order valence-corrected chi connectivity index (χ3v) is 3.05. The second-order valence-corrected chi connectivity index (χ2v) is 5.09. The maximum Gasteiger partial charge on any atom is 0.417 e. The van der Waals surface area contributed by atoms with Crippen LogP contribution in [0.3, 0.4) is 0 Å². The van der Waals surface area contributed by atoms with Crippen molar-refractivity contribution in [3.8, 4) is 17.4 Å². The third-order valence-electron chi connectivity index (χ3n) is 2.84. The van der Waals surface area contributed by atoms with E-state index in [9.17, 15) is 4.79 Å². The number of hydrogen-bond donors (Lipinski definition) is 1. The molecule has 0 aliphatic rings. The Hall–Kier alpha value is -3.12. The Morgan fingerprint density at radius 3 is 2.54 bits per heavy atom. The van der Waals surface area contributed by atoms with Gasteiger partial charge in [-0.2, -0.15) is 0 Å². The van der Waals surface area contributed by atoms with Gasteiger partial charge < -0.3 is 9.47 Å². The largest absolute Gasteiger partial charge is 0.437 e. The molecule has 0 spiro atoms. The van der Waals surface area contributed by atoms with E-state index in [1.807, 2.05) is 6.07 Å². The highest BCUT2D eigenvalue weighted by Crippen LogP contribution is 2.22. The van der Waals surface area contributed by atoms with Crippen LogP contribution < -0.4 is 14.8 Å². The van der Waals surface area contributed by atoms with Crippen LogP contribution in [-0.4, -0.2) is 16.1 Å². The number of aromatic nitrogens is 2. The van der Waals surface area contributed by atoms with Gasteiger partial charge in [-0.1, -0.05) is 29.8 Å². The van der Waals surface area contributed by atoms with Gasteiger partial charge in [0.1, 0.15) is 11.5 Å². The van der Waals surface area contributed by atoms with Crippen LogP contribution in [0.5, 0.6) is 17.4 Å². The molecule has 0 saturated heterocycles. The van der Waals surface area contributed by atoms with Crippen molar-refractivity contribution in [2.75, 3.05) is 5.32 Å². The summed E-state index contributed by atoms with van der Waals surface area (Å²) in [5.41, 5.74) is 0.479. The van der Waals surface area contributed by atoms with Crippen molar-refractivity contribution >= 4 is 23.4 Å². The zero-order valence-corrected chi connectivity index (χ0v) is 13.1. The van der Waals surface area contributed by atoms with Crippen LogP contribution in [0.2, 0.25) is 5.02 Å². The minimum Gasteiger partial charge on any atom is -0.437 e. The second-order valence-electron chi connectivity index (χ2n) is 4.65. The van der Waals surface area contributed by atoms with Gasteiger partial charge in [-0.3, -0.25) is 10.3 Å². The quantitative estimate of drug-likeness (QED) is 0.754. The molecule has 2 aromatic heterocycles. The van der Waals surface area contributed by atoms with Crippen molar-refractivity contribution < 1.29 is 14.3 Å². The number of para-hydroxylation sites is 1. The number of pyridine rings is 2. The van der Waals surface area contributed by atoms with Gasteiger partial charge in [0.25, 0.3) is 0 Å². The molecule has 7 heteroatoms. The highest BCUT2D eigenvalue weighted by molar-refractivity contribution is 6.30.